The Balaban J connectivity index is 1.94. The van der Waals surface area contributed by atoms with Gasteiger partial charge < -0.3 is 15.2 Å². The zero-order valence-electron chi connectivity index (χ0n) is 17.1. The molecule has 0 unspecified atom stereocenters. The average Bonchev–Trinajstić information content (AvgIpc) is 2.94. The molecule has 2 aromatic carbocycles. The van der Waals surface area contributed by atoms with E-state index in [0.717, 1.165) is 46.7 Å². The molecule has 5 heteroatoms. The molecule has 1 amide bonds. The van der Waals surface area contributed by atoms with Crippen LogP contribution in [0, 0.1) is 0 Å². The SMILES string of the molecule is COc1cc2c(c3c1OC(C)(C)C3)C(c1ccc(C(N)=O)cc1)=NC(C)(C)C2. The summed E-state index contributed by atoms with van der Waals surface area (Å²) in [6.45, 7) is 8.44. The monoisotopic (exact) mass is 378 g/mol. The Morgan fingerprint density at radius 2 is 1.82 bits per heavy atom. The van der Waals surface area contributed by atoms with Crippen LogP contribution in [-0.4, -0.2) is 29.9 Å². The second-order valence-electron chi connectivity index (χ2n) is 8.85. The maximum Gasteiger partial charge on any atom is 0.248 e. The fourth-order valence-electron chi connectivity index (χ4n) is 4.22. The van der Waals surface area contributed by atoms with Crippen LogP contribution in [0.4, 0.5) is 0 Å². The first-order chi connectivity index (χ1) is 13.1. The van der Waals surface area contributed by atoms with Crippen LogP contribution in [0.5, 0.6) is 11.5 Å². The van der Waals surface area contributed by atoms with Crippen molar-refractivity contribution in [2.75, 3.05) is 7.11 Å². The molecule has 0 bridgehead atoms. The first-order valence-corrected chi connectivity index (χ1v) is 9.52. The van der Waals surface area contributed by atoms with E-state index < -0.39 is 5.91 Å². The molecule has 0 aromatic heterocycles. The van der Waals surface area contributed by atoms with Crippen molar-refractivity contribution in [1.29, 1.82) is 0 Å². The highest BCUT2D eigenvalue weighted by Gasteiger charge is 2.39. The Bertz CT molecular complexity index is 1000. The topological polar surface area (TPSA) is 73.9 Å². The predicted octanol–water partition coefficient (Wildman–Crippen LogP) is 3.68. The minimum Gasteiger partial charge on any atom is -0.493 e. The van der Waals surface area contributed by atoms with E-state index in [4.69, 9.17) is 20.2 Å². The number of aliphatic imine (C=N–C) groups is 1. The number of amides is 1. The van der Waals surface area contributed by atoms with E-state index in [-0.39, 0.29) is 11.1 Å². The largest absolute Gasteiger partial charge is 0.493 e. The smallest absolute Gasteiger partial charge is 0.248 e. The summed E-state index contributed by atoms with van der Waals surface area (Å²) >= 11 is 0. The van der Waals surface area contributed by atoms with E-state index in [1.807, 2.05) is 12.1 Å². The Hall–Kier alpha value is -2.82. The molecule has 2 aliphatic heterocycles. The summed E-state index contributed by atoms with van der Waals surface area (Å²) in [6.07, 6.45) is 1.62. The van der Waals surface area contributed by atoms with Crippen LogP contribution in [0.3, 0.4) is 0 Å². The molecule has 0 radical (unpaired) electrons. The van der Waals surface area contributed by atoms with Crippen molar-refractivity contribution in [3.8, 4) is 11.5 Å². The van der Waals surface area contributed by atoms with Crippen LogP contribution in [0.2, 0.25) is 0 Å². The van der Waals surface area contributed by atoms with Crippen molar-refractivity contribution in [3.63, 3.8) is 0 Å². The number of rotatable bonds is 3. The number of hydrogen-bond acceptors (Lipinski definition) is 4. The van der Waals surface area contributed by atoms with Crippen LogP contribution in [0.1, 0.15) is 60.3 Å². The fraction of sp³-hybridized carbons (Fsp3) is 0.391. The minimum absolute atomic E-state index is 0.237. The molecule has 2 heterocycles. The molecule has 0 saturated carbocycles. The maximum absolute atomic E-state index is 11.4. The van der Waals surface area contributed by atoms with Crippen LogP contribution >= 0.6 is 0 Å². The number of fused-ring (bicyclic) bond motifs is 3. The van der Waals surface area contributed by atoms with Crippen LogP contribution < -0.4 is 15.2 Å². The summed E-state index contributed by atoms with van der Waals surface area (Å²) in [5.41, 5.74) is 10.8. The molecule has 0 fully saturated rings. The lowest BCUT2D eigenvalue weighted by Gasteiger charge is -2.31. The molecule has 28 heavy (non-hydrogen) atoms. The van der Waals surface area contributed by atoms with Crippen molar-refractivity contribution in [3.05, 3.63) is 58.1 Å². The zero-order chi connectivity index (χ0) is 20.3. The summed E-state index contributed by atoms with van der Waals surface area (Å²) in [5, 5.41) is 0. The quantitative estimate of drug-likeness (QED) is 0.885. The molecular formula is C23H26N2O3. The van der Waals surface area contributed by atoms with E-state index in [2.05, 4.69) is 33.8 Å². The summed E-state index contributed by atoms with van der Waals surface area (Å²) in [7, 11) is 1.68. The normalized spacial score (nSPS) is 18.5. The molecule has 4 rings (SSSR count). The van der Waals surface area contributed by atoms with Crippen LogP contribution in [-0.2, 0) is 12.8 Å². The number of methoxy groups -OCH3 is 1. The first kappa shape index (κ1) is 18.5. The highest BCUT2D eigenvalue weighted by atomic mass is 16.5. The Morgan fingerprint density at radius 1 is 1.14 bits per heavy atom. The van der Waals surface area contributed by atoms with Gasteiger partial charge in [0.25, 0.3) is 0 Å². The van der Waals surface area contributed by atoms with Crippen LogP contribution in [0.15, 0.2) is 35.3 Å². The first-order valence-electron chi connectivity index (χ1n) is 9.52. The molecule has 0 spiro atoms. The van der Waals surface area contributed by atoms with Gasteiger partial charge in [0.05, 0.1) is 18.4 Å². The molecule has 0 saturated heterocycles. The maximum atomic E-state index is 11.4. The number of carbonyl (C=O) groups excluding carboxylic acids is 1. The van der Waals surface area contributed by atoms with Gasteiger partial charge in [-0.1, -0.05) is 12.1 Å². The summed E-state index contributed by atoms with van der Waals surface area (Å²) in [6, 6.07) is 9.43. The minimum atomic E-state index is -0.432. The molecule has 0 atom stereocenters. The predicted molar refractivity (Wildman–Crippen MR) is 110 cm³/mol. The van der Waals surface area contributed by atoms with Crippen molar-refractivity contribution in [1.82, 2.24) is 0 Å². The van der Waals surface area contributed by atoms with E-state index >= 15 is 0 Å². The highest BCUT2D eigenvalue weighted by molar-refractivity contribution is 6.16. The lowest BCUT2D eigenvalue weighted by Crippen LogP contribution is -2.30. The van der Waals surface area contributed by atoms with Gasteiger partial charge in [0.15, 0.2) is 11.5 Å². The number of hydrogen-bond donors (Lipinski definition) is 1. The Labute approximate surface area is 165 Å². The van der Waals surface area contributed by atoms with E-state index in [1.54, 1.807) is 19.2 Å². The second-order valence-corrected chi connectivity index (χ2v) is 8.85. The van der Waals surface area contributed by atoms with Gasteiger partial charge in [0.2, 0.25) is 5.91 Å². The lowest BCUT2D eigenvalue weighted by atomic mass is 9.81. The number of primary amides is 1. The molecule has 5 nitrogen and oxygen atoms in total. The van der Waals surface area contributed by atoms with Gasteiger partial charge in [0, 0.05) is 28.7 Å². The number of nitrogens with zero attached hydrogens (tertiary/aromatic N) is 1. The third kappa shape index (κ3) is 3.05. The number of benzene rings is 2. The zero-order valence-corrected chi connectivity index (χ0v) is 17.1. The molecule has 146 valence electrons. The number of ether oxygens (including phenoxy) is 2. The van der Waals surface area contributed by atoms with Gasteiger partial charge in [-0.15, -0.1) is 0 Å². The Morgan fingerprint density at radius 3 is 2.43 bits per heavy atom. The molecular weight excluding hydrogens is 352 g/mol. The summed E-state index contributed by atoms with van der Waals surface area (Å²) in [4.78, 5) is 16.5. The molecule has 2 N–H and O–H groups in total. The Kier molecular flexibility index (Phi) is 4.03. The number of nitrogens with two attached hydrogens (primary N) is 1. The van der Waals surface area contributed by atoms with Gasteiger partial charge in [0.1, 0.15) is 5.60 Å². The average molecular weight is 378 g/mol. The molecule has 2 aliphatic rings. The summed E-state index contributed by atoms with van der Waals surface area (Å²) in [5.74, 6) is 1.16. The van der Waals surface area contributed by atoms with Gasteiger partial charge >= 0.3 is 0 Å². The van der Waals surface area contributed by atoms with Gasteiger partial charge in [-0.2, -0.15) is 0 Å². The summed E-state index contributed by atoms with van der Waals surface area (Å²) < 4.78 is 11.9. The second kappa shape index (κ2) is 6.09. The van der Waals surface area contributed by atoms with E-state index in [9.17, 15) is 4.79 Å². The van der Waals surface area contributed by atoms with Crippen molar-refractivity contribution in [2.24, 2.45) is 10.7 Å². The third-order valence-corrected chi connectivity index (χ3v) is 5.34. The fourth-order valence-corrected chi connectivity index (χ4v) is 4.22. The molecule has 2 aromatic rings. The van der Waals surface area contributed by atoms with Crippen molar-refractivity contribution in [2.45, 2.75) is 51.7 Å². The highest BCUT2D eigenvalue weighted by Crippen LogP contribution is 2.47. The van der Waals surface area contributed by atoms with Gasteiger partial charge in [-0.05, 0) is 57.9 Å². The standard InChI is InChI=1S/C23H26N2O3/c1-22(2)11-15-10-17(27-5)20-16(12-23(3,4)28-20)18(15)19(25-22)13-6-8-14(9-7-13)21(24)26/h6-10H,11-12H2,1-5H3,(H2,24,26). The molecule has 0 aliphatic carbocycles. The van der Waals surface area contributed by atoms with Gasteiger partial charge in [-0.3, -0.25) is 9.79 Å². The van der Waals surface area contributed by atoms with Gasteiger partial charge in [-0.25, -0.2) is 0 Å². The van der Waals surface area contributed by atoms with E-state index in [0.29, 0.717) is 5.56 Å². The third-order valence-electron chi connectivity index (χ3n) is 5.34. The van der Waals surface area contributed by atoms with Crippen LogP contribution in [0.25, 0.3) is 0 Å². The van der Waals surface area contributed by atoms with E-state index in [1.165, 1.54) is 5.56 Å². The number of carbonyl (C=O) groups is 1. The lowest BCUT2D eigenvalue weighted by molar-refractivity contribution is 0.1000. The van der Waals surface area contributed by atoms with Crippen molar-refractivity contribution < 1.29 is 14.3 Å². The van der Waals surface area contributed by atoms with Crippen molar-refractivity contribution >= 4 is 11.6 Å².